The topological polar surface area (TPSA) is 63.4 Å². The van der Waals surface area contributed by atoms with E-state index in [1.54, 1.807) is 0 Å². The van der Waals surface area contributed by atoms with Gasteiger partial charge in [0.25, 0.3) is 11.8 Å². The molecular formula is C12H14N2O2. The van der Waals surface area contributed by atoms with Crippen molar-refractivity contribution in [2.45, 2.75) is 25.7 Å². The van der Waals surface area contributed by atoms with Crippen LogP contribution >= 0.6 is 0 Å². The van der Waals surface area contributed by atoms with Crippen molar-refractivity contribution in [2.75, 3.05) is 0 Å². The monoisotopic (exact) mass is 218 g/mol. The summed E-state index contributed by atoms with van der Waals surface area (Å²) in [7, 11) is 0. The second-order valence-corrected chi connectivity index (χ2v) is 4.85. The van der Waals surface area contributed by atoms with Gasteiger partial charge >= 0.3 is 0 Å². The molecule has 2 unspecified atom stereocenters. The number of rotatable bonds is 0. The van der Waals surface area contributed by atoms with E-state index in [2.05, 4.69) is 0 Å². The van der Waals surface area contributed by atoms with Crippen LogP contribution in [0.15, 0.2) is 24.3 Å². The number of hydrogen-bond acceptors (Lipinski definition) is 3. The standard InChI is InChI=1S/C12H14N2O2/c13-14-9(15)11-5-1-2-6-12(11,10(14)16)8-4-3-7-11/h1-2,5-6H,3-4,7-8,13H2. The Morgan fingerprint density at radius 1 is 1.00 bits per heavy atom. The van der Waals surface area contributed by atoms with Crippen molar-refractivity contribution in [3.05, 3.63) is 24.3 Å². The molecule has 0 aromatic rings. The number of nitrogens with two attached hydrogens (primary N) is 1. The Morgan fingerprint density at radius 3 is 1.88 bits per heavy atom. The largest absolute Gasteiger partial charge is 0.272 e. The van der Waals surface area contributed by atoms with Crippen LogP contribution in [0.25, 0.3) is 0 Å². The molecule has 1 heterocycles. The van der Waals surface area contributed by atoms with Crippen molar-refractivity contribution < 1.29 is 9.59 Å². The molecule has 4 nitrogen and oxygen atoms in total. The Labute approximate surface area is 93.7 Å². The van der Waals surface area contributed by atoms with Crippen LogP contribution < -0.4 is 5.84 Å². The van der Waals surface area contributed by atoms with Gasteiger partial charge in [0.2, 0.25) is 0 Å². The van der Waals surface area contributed by atoms with Crippen molar-refractivity contribution >= 4 is 11.8 Å². The number of carbonyl (C=O) groups is 2. The van der Waals surface area contributed by atoms with Crippen molar-refractivity contribution in [1.29, 1.82) is 0 Å². The molecule has 0 aromatic carbocycles. The number of nitrogens with zero attached hydrogens (tertiary/aromatic N) is 1. The van der Waals surface area contributed by atoms with Crippen LogP contribution in [0.3, 0.4) is 0 Å². The maximum absolute atomic E-state index is 12.2. The maximum Gasteiger partial charge on any atom is 0.255 e. The Balaban J connectivity index is 2.25. The van der Waals surface area contributed by atoms with Gasteiger partial charge in [-0.25, -0.2) is 10.9 Å². The lowest BCUT2D eigenvalue weighted by molar-refractivity contribution is -0.141. The van der Waals surface area contributed by atoms with Gasteiger partial charge in [-0.3, -0.25) is 9.59 Å². The zero-order chi connectivity index (χ0) is 11.4. The van der Waals surface area contributed by atoms with Crippen LogP contribution in [0.4, 0.5) is 0 Å². The summed E-state index contributed by atoms with van der Waals surface area (Å²) in [4.78, 5) is 24.4. The van der Waals surface area contributed by atoms with E-state index in [0.717, 1.165) is 30.7 Å². The fraction of sp³-hybridized carbons (Fsp3) is 0.500. The molecule has 2 atom stereocenters. The minimum Gasteiger partial charge on any atom is -0.272 e. The van der Waals surface area contributed by atoms with Gasteiger partial charge in [-0.15, -0.1) is 0 Å². The first-order chi connectivity index (χ1) is 7.64. The highest BCUT2D eigenvalue weighted by Gasteiger charge is 2.67. The fourth-order valence-electron chi connectivity index (χ4n) is 3.42. The third kappa shape index (κ3) is 0.812. The molecule has 1 saturated carbocycles. The lowest BCUT2D eigenvalue weighted by Gasteiger charge is -2.42. The smallest absolute Gasteiger partial charge is 0.255 e. The van der Waals surface area contributed by atoms with Gasteiger partial charge < -0.3 is 0 Å². The minimum atomic E-state index is -0.689. The highest BCUT2D eigenvalue weighted by molar-refractivity contribution is 6.11. The quantitative estimate of drug-likeness (QED) is 0.373. The zero-order valence-corrected chi connectivity index (χ0v) is 8.98. The van der Waals surface area contributed by atoms with Crippen molar-refractivity contribution in [2.24, 2.45) is 16.7 Å². The molecule has 2 amide bonds. The lowest BCUT2D eigenvalue weighted by Crippen LogP contribution is -2.45. The Bertz CT molecular complexity index is 400. The van der Waals surface area contributed by atoms with Crippen LogP contribution in [0.2, 0.25) is 0 Å². The first kappa shape index (κ1) is 9.78. The van der Waals surface area contributed by atoms with Gasteiger partial charge in [-0.05, 0) is 12.8 Å². The third-order valence-electron chi connectivity index (χ3n) is 4.26. The molecule has 3 aliphatic rings. The average molecular weight is 218 g/mol. The molecule has 0 radical (unpaired) electrons. The lowest BCUT2D eigenvalue weighted by atomic mass is 9.55. The molecule has 2 N–H and O–H groups in total. The van der Waals surface area contributed by atoms with E-state index in [1.165, 1.54) is 0 Å². The highest BCUT2D eigenvalue weighted by Crippen LogP contribution is 2.59. The van der Waals surface area contributed by atoms with Gasteiger partial charge in [0.1, 0.15) is 0 Å². The molecule has 0 aromatic heterocycles. The number of hydrogen-bond donors (Lipinski definition) is 1. The predicted molar refractivity (Wildman–Crippen MR) is 57.7 cm³/mol. The minimum absolute atomic E-state index is 0.238. The number of allylic oxidation sites excluding steroid dienone is 2. The summed E-state index contributed by atoms with van der Waals surface area (Å²) in [5.74, 6) is 5.12. The van der Waals surface area contributed by atoms with Gasteiger partial charge in [0.15, 0.2) is 0 Å². The van der Waals surface area contributed by atoms with Crippen LogP contribution in [0.5, 0.6) is 0 Å². The van der Waals surface area contributed by atoms with Gasteiger partial charge in [-0.2, -0.15) is 0 Å². The van der Waals surface area contributed by atoms with Crippen LogP contribution in [0.1, 0.15) is 25.7 Å². The summed E-state index contributed by atoms with van der Waals surface area (Å²) in [6.07, 6.45) is 10.9. The molecule has 2 aliphatic carbocycles. The van der Waals surface area contributed by atoms with Crippen LogP contribution in [-0.2, 0) is 9.59 Å². The summed E-state index contributed by atoms with van der Waals surface area (Å²) >= 11 is 0. The summed E-state index contributed by atoms with van der Waals surface area (Å²) in [6, 6.07) is 0. The first-order valence-corrected chi connectivity index (χ1v) is 5.65. The number of carbonyl (C=O) groups excluding carboxylic acids is 2. The second kappa shape index (κ2) is 2.83. The van der Waals surface area contributed by atoms with E-state index in [0.29, 0.717) is 0 Å². The molecule has 3 rings (SSSR count). The normalized spacial score (nSPS) is 41.2. The molecule has 2 fully saturated rings. The molecule has 1 saturated heterocycles. The summed E-state index contributed by atoms with van der Waals surface area (Å²) in [5, 5.41) is 0.825. The summed E-state index contributed by atoms with van der Waals surface area (Å²) in [6.45, 7) is 0. The SMILES string of the molecule is NN1C(=O)C23C=CC=CC2(CCCC3)C1=O. The Hall–Kier alpha value is -1.42. The Kier molecular flexibility index (Phi) is 1.73. The van der Waals surface area contributed by atoms with E-state index < -0.39 is 10.8 Å². The fourth-order valence-corrected chi connectivity index (χ4v) is 3.42. The van der Waals surface area contributed by atoms with E-state index in [4.69, 9.17) is 5.84 Å². The van der Waals surface area contributed by atoms with E-state index in [1.807, 2.05) is 24.3 Å². The average Bonchev–Trinajstić information content (AvgIpc) is 2.51. The number of imide groups is 1. The third-order valence-corrected chi connectivity index (χ3v) is 4.26. The number of hydrazine groups is 1. The highest BCUT2D eigenvalue weighted by atomic mass is 16.2. The zero-order valence-electron chi connectivity index (χ0n) is 8.98. The van der Waals surface area contributed by atoms with Crippen molar-refractivity contribution in [3.8, 4) is 0 Å². The van der Waals surface area contributed by atoms with E-state index in [-0.39, 0.29) is 11.8 Å². The summed E-state index contributed by atoms with van der Waals surface area (Å²) < 4.78 is 0. The summed E-state index contributed by atoms with van der Waals surface area (Å²) in [5.41, 5.74) is -1.38. The number of amides is 2. The molecule has 84 valence electrons. The maximum atomic E-state index is 12.2. The first-order valence-electron chi connectivity index (χ1n) is 5.65. The van der Waals surface area contributed by atoms with Crippen LogP contribution in [0, 0.1) is 10.8 Å². The van der Waals surface area contributed by atoms with E-state index >= 15 is 0 Å². The van der Waals surface area contributed by atoms with E-state index in [9.17, 15) is 9.59 Å². The molecule has 1 aliphatic heterocycles. The molecule has 16 heavy (non-hydrogen) atoms. The van der Waals surface area contributed by atoms with Crippen LogP contribution in [-0.4, -0.2) is 16.8 Å². The predicted octanol–water partition coefficient (Wildman–Crippen LogP) is 0.902. The molecule has 0 spiro atoms. The molecule has 0 bridgehead atoms. The second-order valence-electron chi connectivity index (χ2n) is 4.85. The Morgan fingerprint density at radius 2 is 1.44 bits per heavy atom. The van der Waals surface area contributed by atoms with Crippen molar-refractivity contribution in [3.63, 3.8) is 0 Å². The van der Waals surface area contributed by atoms with Gasteiger partial charge in [0, 0.05) is 0 Å². The van der Waals surface area contributed by atoms with Gasteiger partial charge in [0.05, 0.1) is 10.8 Å². The van der Waals surface area contributed by atoms with Crippen molar-refractivity contribution in [1.82, 2.24) is 5.01 Å². The molecular weight excluding hydrogens is 204 g/mol. The molecule has 4 heteroatoms. The van der Waals surface area contributed by atoms with Gasteiger partial charge in [-0.1, -0.05) is 37.1 Å².